The molecule has 17 heavy (non-hydrogen) atoms. The Morgan fingerprint density at radius 1 is 0.941 bits per heavy atom. The van der Waals surface area contributed by atoms with E-state index in [0.717, 1.165) is 13.8 Å². The van der Waals surface area contributed by atoms with E-state index in [4.69, 9.17) is 0 Å². The van der Waals surface area contributed by atoms with Crippen molar-refractivity contribution < 1.29 is 33.4 Å². The molecule has 0 spiro atoms. The molecule has 0 aliphatic heterocycles. The average molecular weight is 244 g/mol. The minimum atomic E-state index is -0.978. The van der Waals surface area contributed by atoms with Gasteiger partial charge in [-0.25, -0.2) is 0 Å². The maximum Gasteiger partial charge on any atom is 0.314 e. The molecular weight excluding hydrogens is 232 g/mol. The van der Waals surface area contributed by atoms with Crippen molar-refractivity contribution in [3.05, 3.63) is 0 Å². The minimum Gasteiger partial charge on any atom is -0.393 e. The van der Waals surface area contributed by atoms with Gasteiger partial charge in [0.15, 0.2) is 0 Å². The molecule has 7 nitrogen and oxygen atoms in total. The third-order valence-electron chi connectivity index (χ3n) is 1.57. The quantitative estimate of drug-likeness (QED) is 0.373. The predicted molar refractivity (Wildman–Crippen MR) is 52.3 cm³/mol. The lowest BCUT2D eigenvalue weighted by Crippen LogP contribution is -2.19. The van der Waals surface area contributed by atoms with E-state index in [2.05, 4.69) is 9.47 Å². The van der Waals surface area contributed by atoms with Crippen molar-refractivity contribution >= 4 is 30.2 Å². The van der Waals surface area contributed by atoms with Crippen LogP contribution in [0.4, 0.5) is 0 Å². The summed E-state index contributed by atoms with van der Waals surface area (Å²) in [4.78, 5) is 53.4. The second-order valence-corrected chi connectivity index (χ2v) is 3.24. The van der Waals surface area contributed by atoms with Crippen LogP contribution in [0.2, 0.25) is 0 Å². The van der Waals surface area contributed by atoms with Gasteiger partial charge in [-0.05, 0) is 0 Å². The molecule has 0 unspecified atom stereocenters. The number of aldehydes is 1. The highest BCUT2D eigenvalue weighted by molar-refractivity contribution is 5.88. The number of rotatable bonds is 5. The Hall–Kier alpha value is -2.05. The molecule has 0 aromatic carbocycles. The van der Waals surface area contributed by atoms with E-state index in [1.807, 2.05) is 0 Å². The van der Waals surface area contributed by atoms with Crippen LogP contribution < -0.4 is 0 Å². The molecular formula is C10H12O7. The van der Waals surface area contributed by atoms with Crippen LogP contribution in [0.5, 0.6) is 0 Å². The lowest BCUT2D eigenvalue weighted by molar-refractivity contribution is -0.159. The van der Waals surface area contributed by atoms with E-state index in [0.29, 0.717) is 6.29 Å². The summed E-state index contributed by atoms with van der Waals surface area (Å²) in [5, 5.41) is 0. The summed E-state index contributed by atoms with van der Waals surface area (Å²) < 4.78 is 8.38. The van der Waals surface area contributed by atoms with Crippen LogP contribution in [-0.2, 0) is 33.4 Å². The molecule has 7 heteroatoms. The maximum atomic E-state index is 11.0. The Bertz CT molecular complexity index is 315. The van der Waals surface area contributed by atoms with E-state index >= 15 is 0 Å². The normalized spacial score (nSPS) is 9.59. The maximum absolute atomic E-state index is 11.0. The van der Waals surface area contributed by atoms with Crippen molar-refractivity contribution in [2.24, 2.45) is 5.92 Å². The lowest BCUT2D eigenvalue weighted by Gasteiger charge is -2.07. The Balaban J connectivity index is 4.20. The van der Waals surface area contributed by atoms with Gasteiger partial charge in [0.25, 0.3) is 0 Å². The zero-order valence-corrected chi connectivity index (χ0v) is 9.43. The molecule has 94 valence electrons. The third kappa shape index (κ3) is 7.83. The number of hydrogen-bond acceptors (Lipinski definition) is 7. The van der Waals surface area contributed by atoms with Gasteiger partial charge in [-0.3, -0.25) is 19.2 Å². The molecule has 0 atom stereocenters. The molecule has 0 heterocycles. The molecule has 0 N–H and O–H groups in total. The highest BCUT2D eigenvalue weighted by Gasteiger charge is 2.20. The first-order valence-electron chi connectivity index (χ1n) is 4.73. The number of carbonyl (C=O) groups excluding carboxylic acids is 5. The Kier molecular flexibility index (Phi) is 6.39. The molecule has 0 saturated carbocycles. The summed E-state index contributed by atoms with van der Waals surface area (Å²) >= 11 is 0. The summed E-state index contributed by atoms with van der Waals surface area (Å²) in [5.41, 5.74) is 0. The molecule has 0 aliphatic rings. The van der Waals surface area contributed by atoms with Crippen LogP contribution in [0.3, 0.4) is 0 Å². The van der Waals surface area contributed by atoms with E-state index < -0.39 is 42.6 Å². The van der Waals surface area contributed by atoms with E-state index in [-0.39, 0.29) is 0 Å². The van der Waals surface area contributed by atoms with Gasteiger partial charge in [-0.15, -0.1) is 0 Å². The molecule has 0 amide bonds. The fraction of sp³-hybridized carbons (Fsp3) is 0.500. The van der Waals surface area contributed by atoms with Gasteiger partial charge in [0, 0.05) is 19.8 Å². The monoisotopic (exact) mass is 244 g/mol. The Labute approximate surface area is 97.1 Å². The molecule has 0 rings (SSSR count). The molecule has 0 saturated heterocycles. The second kappa shape index (κ2) is 7.26. The first-order chi connectivity index (χ1) is 7.85. The summed E-state index contributed by atoms with van der Waals surface area (Å²) in [6.45, 7) is 2.08. The van der Waals surface area contributed by atoms with Crippen LogP contribution in [0.25, 0.3) is 0 Å². The first kappa shape index (κ1) is 14.9. The molecule has 0 aromatic heterocycles. The molecule has 0 aromatic rings. The van der Waals surface area contributed by atoms with Crippen LogP contribution in [0, 0.1) is 5.92 Å². The summed E-state index contributed by atoms with van der Waals surface area (Å²) in [6.07, 6.45) is -0.477. The molecule has 0 fully saturated rings. The largest absolute Gasteiger partial charge is 0.393 e. The molecule has 0 bridgehead atoms. The Morgan fingerprint density at radius 3 is 1.53 bits per heavy atom. The topological polar surface area (TPSA) is 104 Å². The molecule has 0 aliphatic carbocycles. The highest BCUT2D eigenvalue weighted by atomic mass is 16.6. The minimum absolute atomic E-state index is 0.364. The summed E-state index contributed by atoms with van der Waals surface area (Å²) in [6, 6.07) is 0. The lowest BCUT2D eigenvalue weighted by atomic mass is 10.0. The van der Waals surface area contributed by atoms with Gasteiger partial charge < -0.3 is 14.3 Å². The van der Waals surface area contributed by atoms with Crippen LogP contribution >= 0.6 is 0 Å². The van der Waals surface area contributed by atoms with Gasteiger partial charge in [-0.2, -0.15) is 0 Å². The van der Waals surface area contributed by atoms with Gasteiger partial charge in [0.05, 0.1) is 12.8 Å². The van der Waals surface area contributed by atoms with Crippen molar-refractivity contribution in [2.75, 3.05) is 0 Å². The van der Waals surface area contributed by atoms with Crippen LogP contribution in [0.15, 0.2) is 0 Å². The summed E-state index contributed by atoms with van der Waals surface area (Å²) in [5.74, 6) is -4.40. The first-order valence-corrected chi connectivity index (χ1v) is 4.73. The number of hydrogen-bond donors (Lipinski definition) is 0. The van der Waals surface area contributed by atoms with Crippen molar-refractivity contribution in [1.29, 1.82) is 0 Å². The molecule has 0 radical (unpaired) electrons. The smallest absolute Gasteiger partial charge is 0.314 e. The SMILES string of the molecule is CC(=O)OC(=O)CC(C=O)CC(=O)OC(C)=O. The number of esters is 4. The zero-order chi connectivity index (χ0) is 13.4. The van der Waals surface area contributed by atoms with Gasteiger partial charge >= 0.3 is 23.9 Å². The fourth-order valence-electron chi connectivity index (χ4n) is 1.00. The third-order valence-corrected chi connectivity index (χ3v) is 1.57. The van der Waals surface area contributed by atoms with Crippen molar-refractivity contribution in [2.45, 2.75) is 26.7 Å². The number of carbonyl (C=O) groups is 5. The van der Waals surface area contributed by atoms with E-state index in [9.17, 15) is 24.0 Å². The second-order valence-electron chi connectivity index (χ2n) is 3.24. The van der Waals surface area contributed by atoms with Crippen LogP contribution in [-0.4, -0.2) is 30.2 Å². The highest BCUT2D eigenvalue weighted by Crippen LogP contribution is 2.08. The average Bonchev–Trinajstić information content (AvgIpc) is 2.13. The Morgan fingerprint density at radius 2 is 1.29 bits per heavy atom. The summed E-state index contributed by atoms with van der Waals surface area (Å²) in [7, 11) is 0. The van der Waals surface area contributed by atoms with Gasteiger partial charge in [0.2, 0.25) is 0 Å². The predicted octanol–water partition coefficient (Wildman–Crippen LogP) is -0.239. The van der Waals surface area contributed by atoms with Crippen molar-refractivity contribution in [3.63, 3.8) is 0 Å². The van der Waals surface area contributed by atoms with Crippen molar-refractivity contribution in [3.8, 4) is 0 Å². The van der Waals surface area contributed by atoms with Gasteiger partial charge in [0.1, 0.15) is 6.29 Å². The van der Waals surface area contributed by atoms with Crippen molar-refractivity contribution in [1.82, 2.24) is 0 Å². The fourth-order valence-corrected chi connectivity index (χ4v) is 1.00. The van der Waals surface area contributed by atoms with E-state index in [1.54, 1.807) is 0 Å². The van der Waals surface area contributed by atoms with Crippen LogP contribution in [0.1, 0.15) is 26.7 Å². The van der Waals surface area contributed by atoms with Gasteiger partial charge in [-0.1, -0.05) is 0 Å². The number of ether oxygens (including phenoxy) is 2. The standard InChI is InChI=1S/C10H12O7/c1-6(12)16-9(14)3-8(5-11)4-10(15)17-7(2)13/h5,8H,3-4H2,1-2H3. The van der Waals surface area contributed by atoms with E-state index in [1.165, 1.54) is 0 Å². The zero-order valence-electron chi connectivity index (χ0n) is 9.43.